The van der Waals surface area contributed by atoms with Crippen LogP contribution in [0.2, 0.25) is 10.0 Å². The van der Waals surface area contributed by atoms with Gasteiger partial charge in [-0.05, 0) is 44.0 Å². The Kier molecular flexibility index (Phi) is 7.37. The SMILES string of the molecule is CCOc1ccccc1OCCCCOc1cccc(Cl)c1Cl. The molecule has 23 heavy (non-hydrogen) atoms. The lowest BCUT2D eigenvalue weighted by Gasteiger charge is -2.12. The van der Waals surface area contributed by atoms with Crippen molar-refractivity contribution >= 4 is 23.2 Å². The summed E-state index contributed by atoms with van der Waals surface area (Å²) in [6.45, 7) is 3.75. The van der Waals surface area contributed by atoms with Gasteiger partial charge in [0.05, 0.1) is 24.8 Å². The van der Waals surface area contributed by atoms with Gasteiger partial charge < -0.3 is 14.2 Å². The van der Waals surface area contributed by atoms with Gasteiger partial charge in [-0.25, -0.2) is 0 Å². The summed E-state index contributed by atoms with van der Waals surface area (Å²) >= 11 is 12.0. The smallest absolute Gasteiger partial charge is 0.161 e. The minimum atomic E-state index is 0.455. The van der Waals surface area contributed by atoms with E-state index < -0.39 is 0 Å². The van der Waals surface area contributed by atoms with Crippen LogP contribution >= 0.6 is 23.2 Å². The fraction of sp³-hybridized carbons (Fsp3) is 0.333. The van der Waals surface area contributed by atoms with E-state index in [0.717, 1.165) is 24.3 Å². The minimum Gasteiger partial charge on any atom is -0.492 e. The van der Waals surface area contributed by atoms with Gasteiger partial charge in [0.1, 0.15) is 10.8 Å². The summed E-state index contributed by atoms with van der Waals surface area (Å²) in [5, 5.41) is 0.955. The molecule has 0 aromatic heterocycles. The van der Waals surface area contributed by atoms with E-state index in [9.17, 15) is 0 Å². The molecule has 3 nitrogen and oxygen atoms in total. The number of halogens is 2. The van der Waals surface area contributed by atoms with E-state index in [2.05, 4.69) is 0 Å². The van der Waals surface area contributed by atoms with E-state index in [1.807, 2.05) is 43.3 Å². The fourth-order valence-electron chi connectivity index (χ4n) is 2.01. The molecular weight excluding hydrogens is 335 g/mol. The van der Waals surface area contributed by atoms with Crippen LogP contribution in [0.4, 0.5) is 0 Å². The topological polar surface area (TPSA) is 27.7 Å². The largest absolute Gasteiger partial charge is 0.492 e. The molecule has 0 N–H and O–H groups in total. The van der Waals surface area contributed by atoms with Crippen LogP contribution in [0.25, 0.3) is 0 Å². The van der Waals surface area contributed by atoms with Gasteiger partial charge in [0.2, 0.25) is 0 Å². The second-order valence-corrected chi connectivity index (χ2v) is 5.62. The maximum Gasteiger partial charge on any atom is 0.161 e. The van der Waals surface area contributed by atoms with Crippen LogP contribution in [0.5, 0.6) is 17.2 Å². The average molecular weight is 355 g/mol. The first-order valence-electron chi connectivity index (χ1n) is 7.63. The number of hydrogen-bond donors (Lipinski definition) is 0. The standard InChI is InChI=1S/C18H20Cl2O3/c1-2-21-15-9-3-4-10-16(15)22-12-5-6-13-23-17-11-7-8-14(19)18(17)20/h3-4,7-11H,2,5-6,12-13H2,1H3. The highest BCUT2D eigenvalue weighted by atomic mass is 35.5. The summed E-state index contributed by atoms with van der Waals surface area (Å²) in [5.41, 5.74) is 0. The first-order valence-corrected chi connectivity index (χ1v) is 8.39. The second kappa shape index (κ2) is 9.53. The molecule has 0 spiro atoms. The van der Waals surface area contributed by atoms with E-state index >= 15 is 0 Å². The van der Waals surface area contributed by atoms with Gasteiger partial charge in [-0.3, -0.25) is 0 Å². The lowest BCUT2D eigenvalue weighted by Crippen LogP contribution is -2.04. The molecule has 124 valence electrons. The third kappa shape index (κ3) is 5.52. The van der Waals surface area contributed by atoms with Gasteiger partial charge in [0, 0.05) is 0 Å². The van der Waals surface area contributed by atoms with Crippen molar-refractivity contribution < 1.29 is 14.2 Å². The van der Waals surface area contributed by atoms with Crippen LogP contribution in [0.1, 0.15) is 19.8 Å². The summed E-state index contributed by atoms with van der Waals surface area (Å²) in [4.78, 5) is 0. The van der Waals surface area contributed by atoms with E-state index in [1.165, 1.54) is 0 Å². The summed E-state index contributed by atoms with van der Waals surface area (Å²) in [7, 11) is 0. The predicted molar refractivity (Wildman–Crippen MR) is 94.3 cm³/mol. The lowest BCUT2D eigenvalue weighted by molar-refractivity contribution is 0.252. The minimum absolute atomic E-state index is 0.455. The highest BCUT2D eigenvalue weighted by Crippen LogP contribution is 2.31. The van der Waals surface area contributed by atoms with Gasteiger partial charge in [-0.15, -0.1) is 0 Å². The Morgan fingerprint density at radius 1 is 0.739 bits per heavy atom. The maximum atomic E-state index is 6.06. The first-order chi connectivity index (χ1) is 11.2. The molecule has 0 bridgehead atoms. The number of benzene rings is 2. The number of rotatable bonds is 9. The molecule has 5 heteroatoms. The molecule has 0 unspecified atom stereocenters. The zero-order valence-corrected chi connectivity index (χ0v) is 14.6. The third-order valence-electron chi connectivity index (χ3n) is 3.12. The molecule has 0 atom stereocenters. The summed E-state index contributed by atoms with van der Waals surface area (Å²) in [5.74, 6) is 2.16. The van der Waals surface area contributed by atoms with Crippen molar-refractivity contribution in [1.29, 1.82) is 0 Å². The van der Waals surface area contributed by atoms with Crippen LogP contribution in [-0.2, 0) is 0 Å². The van der Waals surface area contributed by atoms with Crippen molar-refractivity contribution in [2.24, 2.45) is 0 Å². The number of para-hydroxylation sites is 2. The van der Waals surface area contributed by atoms with Crippen LogP contribution in [0.15, 0.2) is 42.5 Å². The highest BCUT2D eigenvalue weighted by Gasteiger charge is 2.05. The number of hydrogen-bond acceptors (Lipinski definition) is 3. The normalized spacial score (nSPS) is 10.4. The average Bonchev–Trinajstić information content (AvgIpc) is 2.56. The molecule has 0 aliphatic heterocycles. The van der Waals surface area contributed by atoms with Gasteiger partial charge in [0.25, 0.3) is 0 Å². The van der Waals surface area contributed by atoms with Crippen molar-refractivity contribution in [1.82, 2.24) is 0 Å². The molecule has 0 aliphatic carbocycles. The van der Waals surface area contributed by atoms with Crippen LogP contribution in [0.3, 0.4) is 0 Å². The van der Waals surface area contributed by atoms with Crippen molar-refractivity contribution in [3.05, 3.63) is 52.5 Å². The van der Waals surface area contributed by atoms with E-state index in [4.69, 9.17) is 37.4 Å². The fourth-order valence-corrected chi connectivity index (χ4v) is 2.35. The van der Waals surface area contributed by atoms with Gasteiger partial charge >= 0.3 is 0 Å². The predicted octanol–water partition coefficient (Wildman–Crippen LogP) is 5.63. The molecule has 0 aliphatic rings. The molecule has 2 aromatic rings. The molecule has 0 amide bonds. The Morgan fingerprint density at radius 3 is 1.96 bits per heavy atom. The van der Waals surface area contributed by atoms with Crippen molar-refractivity contribution in [2.75, 3.05) is 19.8 Å². The Labute approximate surface area is 147 Å². The molecule has 0 saturated heterocycles. The van der Waals surface area contributed by atoms with Crippen LogP contribution in [-0.4, -0.2) is 19.8 Å². The van der Waals surface area contributed by atoms with Crippen molar-refractivity contribution in [3.63, 3.8) is 0 Å². The van der Waals surface area contributed by atoms with Gasteiger partial charge in [0.15, 0.2) is 11.5 Å². The molecule has 0 heterocycles. The zero-order valence-electron chi connectivity index (χ0n) is 13.1. The molecule has 0 saturated carbocycles. The Bertz CT molecular complexity index is 617. The Balaban J connectivity index is 1.69. The quantitative estimate of drug-likeness (QED) is 0.546. The number of ether oxygens (including phenoxy) is 3. The number of unbranched alkanes of at least 4 members (excludes halogenated alkanes) is 1. The maximum absolute atomic E-state index is 6.06. The lowest BCUT2D eigenvalue weighted by atomic mass is 10.3. The Morgan fingerprint density at radius 2 is 1.30 bits per heavy atom. The van der Waals surface area contributed by atoms with E-state index in [1.54, 1.807) is 6.07 Å². The molecule has 0 radical (unpaired) electrons. The first kappa shape index (κ1) is 17.8. The summed E-state index contributed by atoms with van der Waals surface area (Å²) in [6, 6.07) is 13.0. The van der Waals surface area contributed by atoms with E-state index in [0.29, 0.717) is 35.6 Å². The highest BCUT2D eigenvalue weighted by molar-refractivity contribution is 6.42. The molecule has 2 rings (SSSR count). The molecule has 0 fully saturated rings. The van der Waals surface area contributed by atoms with Crippen LogP contribution in [0, 0.1) is 0 Å². The third-order valence-corrected chi connectivity index (χ3v) is 3.92. The van der Waals surface area contributed by atoms with Gasteiger partial charge in [-0.2, -0.15) is 0 Å². The zero-order chi connectivity index (χ0) is 16.5. The monoisotopic (exact) mass is 354 g/mol. The summed E-state index contributed by atoms with van der Waals surface area (Å²) < 4.78 is 16.9. The second-order valence-electron chi connectivity index (χ2n) is 4.84. The summed E-state index contributed by atoms with van der Waals surface area (Å²) in [6.07, 6.45) is 1.73. The van der Waals surface area contributed by atoms with Gasteiger partial charge in [-0.1, -0.05) is 41.4 Å². The van der Waals surface area contributed by atoms with E-state index in [-0.39, 0.29) is 0 Å². The van der Waals surface area contributed by atoms with Crippen molar-refractivity contribution in [2.45, 2.75) is 19.8 Å². The molecular formula is C18H20Cl2O3. The Hall–Kier alpha value is -1.58. The van der Waals surface area contributed by atoms with Crippen LogP contribution < -0.4 is 14.2 Å². The van der Waals surface area contributed by atoms with Crippen molar-refractivity contribution in [3.8, 4) is 17.2 Å². The molecule has 2 aromatic carbocycles.